The lowest BCUT2D eigenvalue weighted by atomic mass is 9.98. The molecule has 142 valence electrons. The maximum atomic E-state index is 13.4. The fraction of sp³-hybridized carbons (Fsp3) is 0.526. The van der Waals surface area contributed by atoms with Gasteiger partial charge in [0.15, 0.2) is 0 Å². The molecule has 0 amide bonds. The number of H-pyrrole nitrogens is 1. The molecule has 2 heterocycles. The van der Waals surface area contributed by atoms with E-state index in [1.54, 1.807) is 18.2 Å². The number of anilines is 1. The molecule has 3 rings (SSSR count). The highest BCUT2D eigenvalue weighted by Gasteiger charge is 2.33. The van der Waals surface area contributed by atoms with Gasteiger partial charge in [0.1, 0.15) is 0 Å². The summed E-state index contributed by atoms with van der Waals surface area (Å²) in [4.78, 5) is 16.2. The Balaban J connectivity index is 1.99. The van der Waals surface area contributed by atoms with E-state index in [-0.39, 0.29) is 16.9 Å². The number of alkyl halides is 3. The van der Waals surface area contributed by atoms with Crippen molar-refractivity contribution in [3.63, 3.8) is 0 Å². The summed E-state index contributed by atoms with van der Waals surface area (Å²) in [5, 5.41) is 0.0312. The van der Waals surface area contributed by atoms with Gasteiger partial charge in [-0.05, 0) is 50.8 Å². The second kappa shape index (κ2) is 7.70. The number of nitrogens with zero attached hydrogens (tertiary/aromatic N) is 1. The number of ether oxygens (including phenoxy) is 1. The molecule has 0 saturated carbocycles. The van der Waals surface area contributed by atoms with Crippen LogP contribution in [0.3, 0.4) is 0 Å². The highest BCUT2D eigenvalue weighted by atomic mass is 19.4. The first-order valence-electron chi connectivity index (χ1n) is 8.99. The van der Waals surface area contributed by atoms with Crippen LogP contribution in [-0.2, 0) is 10.9 Å². The van der Waals surface area contributed by atoms with Gasteiger partial charge in [-0.3, -0.25) is 4.79 Å². The average Bonchev–Trinajstić information content (AvgIpc) is 2.60. The third-order valence-electron chi connectivity index (χ3n) is 4.89. The minimum absolute atomic E-state index is 0.0312. The zero-order chi connectivity index (χ0) is 18.7. The Hall–Kier alpha value is -2.02. The summed E-state index contributed by atoms with van der Waals surface area (Å²) in [6.07, 6.45) is -0.587. The second-order valence-electron chi connectivity index (χ2n) is 6.60. The molecular formula is C19H23F3N2O2. The van der Waals surface area contributed by atoms with E-state index in [4.69, 9.17) is 4.74 Å². The quantitative estimate of drug-likeness (QED) is 0.799. The zero-order valence-corrected chi connectivity index (χ0v) is 14.7. The summed E-state index contributed by atoms with van der Waals surface area (Å²) in [5.41, 5.74) is -0.668. The van der Waals surface area contributed by atoms with Crippen LogP contribution in [0.15, 0.2) is 29.1 Å². The van der Waals surface area contributed by atoms with Crippen molar-refractivity contribution in [2.24, 2.45) is 0 Å². The Labute approximate surface area is 150 Å². The van der Waals surface area contributed by atoms with E-state index >= 15 is 0 Å². The Bertz CT molecular complexity index is 817. The van der Waals surface area contributed by atoms with E-state index in [0.717, 1.165) is 37.9 Å². The Kier molecular flexibility index (Phi) is 5.55. The molecule has 1 aromatic heterocycles. The highest BCUT2D eigenvalue weighted by molar-refractivity contribution is 5.86. The molecule has 1 N–H and O–H groups in total. The molecule has 1 fully saturated rings. The molecule has 1 aliphatic heterocycles. The number of nitrogens with one attached hydrogen (secondary N) is 1. The lowest BCUT2D eigenvalue weighted by Gasteiger charge is -2.38. The highest BCUT2D eigenvalue weighted by Crippen LogP contribution is 2.36. The summed E-state index contributed by atoms with van der Waals surface area (Å²) < 4.78 is 45.6. The van der Waals surface area contributed by atoms with Gasteiger partial charge in [0.2, 0.25) is 5.56 Å². The van der Waals surface area contributed by atoms with Crippen LogP contribution in [-0.4, -0.2) is 30.8 Å². The van der Waals surface area contributed by atoms with E-state index in [1.807, 2.05) is 6.92 Å². The summed E-state index contributed by atoms with van der Waals surface area (Å²) in [7, 11) is 0. The minimum atomic E-state index is -4.57. The van der Waals surface area contributed by atoms with Gasteiger partial charge in [-0.15, -0.1) is 0 Å². The van der Waals surface area contributed by atoms with Gasteiger partial charge >= 0.3 is 6.18 Å². The monoisotopic (exact) mass is 368 g/mol. The zero-order valence-electron chi connectivity index (χ0n) is 14.7. The molecule has 0 spiro atoms. The van der Waals surface area contributed by atoms with E-state index < -0.39 is 17.3 Å². The normalized spacial score (nSPS) is 18.5. The number of aromatic amines is 1. The van der Waals surface area contributed by atoms with E-state index in [1.165, 1.54) is 0 Å². The predicted octanol–water partition coefficient (Wildman–Crippen LogP) is 4.33. The van der Waals surface area contributed by atoms with E-state index in [9.17, 15) is 18.0 Å². The SMILES string of the molecule is CCOCCC1CCCCN1c1ccc2[nH]c(=O)cc(C(F)(F)F)c2c1. The van der Waals surface area contributed by atoms with Gasteiger partial charge in [-0.1, -0.05) is 0 Å². The number of benzene rings is 1. The van der Waals surface area contributed by atoms with Crippen LogP contribution in [0.1, 0.15) is 38.2 Å². The van der Waals surface area contributed by atoms with Crippen LogP contribution < -0.4 is 10.5 Å². The first kappa shape index (κ1) is 18.8. The van der Waals surface area contributed by atoms with Crippen LogP contribution in [0.5, 0.6) is 0 Å². The molecule has 0 bridgehead atoms. The third-order valence-corrected chi connectivity index (χ3v) is 4.89. The molecule has 0 aliphatic carbocycles. The number of pyridine rings is 1. The van der Waals surface area contributed by atoms with Crippen LogP contribution >= 0.6 is 0 Å². The van der Waals surface area contributed by atoms with Gasteiger partial charge in [0, 0.05) is 48.5 Å². The van der Waals surface area contributed by atoms with Crippen molar-refractivity contribution in [1.29, 1.82) is 0 Å². The van der Waals surface area contributed by atoms with E-state index in [2.05, 4.69) is 9.88 Å². The molecular weight excluding hydrogens is 345 g/mol. The van der Waals surface area contributed by atoms with Gasteiger partial charge < -0.3 is 14.6 Å². The van der Waals surface area contributed by atoms with Gasteiger partial charge in [-0.2, -0.15) is 13.2 Å². The second-order valence-corrected chi connectivity index (χ2v) is 6.60. The van der Waals surface area contributed by atoms with Gasteiger partial charge in [0.25, 0.3) is 0 Å². The van der Waals surface area contributed by atoms with Crippen LogP contribution in [0.4, 0.5) is 18.9 Å². The third kappa shape index (κ3) is 4.03. The van der Waals surface area contributed by atoms with E-state index in [0.29, 0.717) is 19.3 Å². The van der Waals surface area contributed by atoms with Crippen LogP contribution in [0.25, 0.3) is 10.9 Å². The van der Waals surface area contributed by atoms with Crippen molar-refractivity contribution >= 4 is 16.6 Å². The lowest BCUT2D eigenvalue weighted by molar-refractivity contribution is -0.136. The minimum Gasteiger partial charge on any atom is -0.382 e. The number of hydrogen-bond donors (Lipinski definition) is 1. The molecule has 1 saturated heterocycles. The largest absolute Gasteiger partial charge is 0.417 e. The van der Waals surface area contributed by atoms with Crippen LogP contribution in [0.2, 0.25) is 0 Å². The smallest absolute Gasteiger partial charge is 0.382 e. The van der Waals surface area contributed by atoms with Crippen molar-refractivity contribution in [3.05, 3.63) is 40.2 Å². The molecule has 2 aromatic rings. The summed E-state index contributed by atoms with van der Waals surface area (Å²) in [6, 6.07) is 5.79. The maximum absolute atomic E-state index is 13.4. The molecule has 1 atom stereocenters. The molecule has 1 aromatic carbocycles. The topological polar surface area (TPSA) is 45.3 Å². The maximum Gasteiger partial charge on any atom is 0.417 e. The lowest BCUT2D eigenvalue weighted by Crippen LogP contribution is -2.40. The predicted molar refractivity (Wildman–Crippen MR) is 95.7 cm³/mol. The summed E-state index contributed by atoms with van der Waals surface area (Å²) in [5.74, 6) is 0. The molecule has 1 aliphatic rings. The first-order valence-corrected chi connectivity index (χ1v) is 8.99. The Morgan fingerprint density at radius 2 is 2.08 bits per heavy atom. The number of hydrogen-bond acceptors (Lipinski definition) is 3. The van der Waals surface area contributed by atoms with Gasteiger partial charge in [0.05, 0.1) is 5.56 Å². The standard InChI is InChI=1S/C19H23F3N2O2/c1-2-26-10-8-13-5-3-4-9-24(13)14-6-7-17-15(11-14)16(19(20,21)22)12-18(25)23-17/h6-7,11-13H,2-5,8-10H2,1H3,(H,23,25). The van der Waals surface area contributed by atoms with Crippen molar-refractivity contribution in [1.82, 2.24) is 4.98 Å². The number of halogens is 3. The Morgan fingerprint density at radius 1 is 1.27 bits per heavy atom. The van der Waals surface area contributed by atoms with Crippen molar-refractivity contribution in [2.75, 3.05) is 24.7 Å². The molecule has 0 radical (unpaired) electrons. The Morgan fingerprint density at radius 3 is 2.81 bits per heavy atom. The molecule has 7 heteroatoms. The summed E-state index contributed by atoms with van der Waals surface area (Å²) >= 11 is 0. The van der Waals surface area contributed by atoms with Crippen molar-refractivity contribution in [3.8, 4) is 0 Å². The number of piperidine rings is 1. The molecule has 1 unspecified atom stereocenters. The molecule has 26 heavy (non-hydrogen) atoms. The number of fused-ring (bicyclic) bond motifs is 1. The fourth-order valence-electron chi connectivity index (χ4n) is 3.66. The molecule has 4 nitrogen and oxygen atoms in total. The van der Waals surface area contributed by atoms with Crippen LogP contribution in [0, 0.1) is 0 Å². The van der Waals surface area contributed by atoms with Gasteiger partial charge in [-0.25, -0.2) is 0 Å². The van der Waals surface area contributed by atoms with Crippen molar-refractivity contribution < 1.29 is 17.9 Å². The average molecular weight is 368 g/mol. The number of aromatic nitrogens is 1. The fourth-order valence-corrected chi connectivity index (χ4v) is 3.66. The first-order chi connectivity index (χ1) is 12.4. The van der Waals surface area contributed by atoms with Crippen molar-refractivity contribution in [2.45, 2.75) is 44.8 Å². The summed E-state index contributed by atoms with van der Waals surface area (Å²) in [6.45, 7) is 4.06. The number of rotatable bonds is 5.